The maximum Gasteiger partial charge on any atom is 0.256 e. The Morgan fingerprint density at radius 1 is 1.04 bits per heavy atom. The number of aryl methyl sites for hydroxylation is 1. The first-order chi connectivity index (χ1) is 12.3. The molecule has 0 saturated heterocycles. The van der Waals surface area contributed by atoms with Crippen LogP contribution in [0.1, 0.15) is 34.5 Å². The normalized spacial score (nSPS) is 13.3. The van der Waals surface area contributed by atoms with Crippen molar-refractivity contribution in [3.05, 3.63) is 65.4 Å². The third-order valence-corrected chi connectivity index (χ3v) is 4.74. The van der Waals surface area contributed by atoms with Crippen molar-refractivity contribution in [2.24, 2.45) is 0 Å². The lowest BCUT2D eigenvalue weighted by molar-refractivity contribution is 0.102. The maximum absolute atomic E-state index is 13.1. The summed E-state index contributed by atoms with van der Waals surface area (Å²) in [5, 5.41) is 3.95. The Balaban J connectivity index is 1.77. The molecule has 1 aliphatic carbocycles. The molecule has 4 nitrogen and oxygen atoms in total. The number of nitrogens with one attached hydrogen (secondary N) is 1. The molecule has 1 N–H and O–H groups in total. The van der Waals surface area contributed by atoms with Crippen molar-refractivity contribution >= 4 is 22.5 Å². The number of nitrogens with zero attached hydrogens (tertiary/aromatic N) is 1. The minimum Gasteiger partial charge on any atom is -0.497 e. The first-order valence-corrected chi connectivity index (χ1v) is 8.62. The summed E-state index contributed by atoms with van der Waals surface area (Å²) in [6, 6.07) is 15.3. The van der Waals surface area contributed by atoms with E-state index in [-0.39, 0.29) is 5.91 Å². The minimum absolute atomic E-state index is 0.0677. The molecule has 0 radical (unpaired) electrons. The first-order valence-electron chi connectivity index (χ1n) is 8.62. The van der Waals surface area contributed by atoms with Crippen LogP contribution in [0.5, 0.6) is 5.75 Å². The SMILES string of the molecule is COc1ccc(NC(=O)c2c3c(nc4ccccc24)CCCC3)cc1. The second kappa shape index (κ2) is 6.55. The molecule has 1 aromatic heterocycles. The smallest absolute Gasteiger partial charge is 0.256 e. The lowest BCUT2D eigenvalue weighted by Gasteiger charge is -2.20. The molecule has 0 saturated carbocycles. The number of para-hydroxylation sites is 1. The minimum atomic E-state index is -0.0677. The zero-order chi connectivity index (χ0) is 17.2. The highest BCUT2D eigenvalue weighted by Gasteiger charge is 2.22. The number of carbonyl (C=O) groups is 1. The fourth-order valence-corrected chi connectivity index (χ4v) is 3.50. The Hall–Kier alpha value is -2.88. The van der Waals surface area contributed by atoms with E-state index in [1.165, 1.54) is 0 Å². The fraction of sp³-hybridized carbons (Fsp3) is 0.238. The van der Waals surface area contributed by atoms with Gasteiger partial charge in [0.25, 0.3) is 5.91 Å². The lowest BCUT2D eigenvalue weighted by Crippen LogP contribution is -2.19. The molecule has 0 spiro atoms. The van der Waals surface area contributed by atoms with Crippen LogP contribution in [0.25, 0.3) is 10.9 Å². The number of fused-ring (bicyclic) bond motifs is 2. The van der Waals surface area contributed by atoms with Gasteiger partial charge in [-0.2, -0.15) is 0 Å². The van der Waals surface area contributed by atoms with Crippen LogP contribution in [0.15, 0.2) is 48.5 Å². The molecule has 0 unspecified atom stereocenters. The van der Waals surface area contributed by atoms with Gasteiger partial charge in [0.05, 0.1) is 18.2 Å². The quantitative estimate of drug-likeness (QED) is 0.774. The van der Waals surface area contributed by atoms with E-state index in [4.69, 9.17) is 9.72 Å². The summed E-state index contributed by atoms with van der Waals surface area (Å²) >= 11 is 0. The number of methoxy groups -OCH3 is 1. The van der Waals surface area contributed by atoms with Gasteiger partial charge in [-0.25, -0.2) is 0 Å². The topological polar surface area (TPSA) is 51.2 Å². The van der Waals surface area contributed by atoms with Crippen LogP contribution in [-0.2, 0) is 12.8 Å². The van der Waals surface area contributed by atoms with Crippen LogP contribution in [0, 0.1) is 0 Å². The number of aromatic nitrogens is 1. The zero-order valence-electron chi connectivity index (χ0n) is 14.2. The number of carbonyl (C=O) groups excluding carboxylic acids is 1. The van der Waals surface area contributed by atoms with Crippen molar-refractivity contribution in [2.45, 2.75) is 25.7 Å². The Labute approximate surface area is 146 Å². The number of benzene rings is 2. The highest BCUT2D eigenvalue weighted by Crippen LogP contribution is 2.30. The molecule has 0 fully saturated rings. The second-order valence-electron chi connectivity index (χ2n) is 6.32. The number of anilines is 1. The summed E-state index contributed by atoms with van der Waals surface area (Å²) in [5.41, 5.74) is 4.61. The third kappa shape index (κ3) is 2.95. The van der Waals surface area contributed by atoms with Crippen molar-refractivity contribution in [3.8, 4) is 5.75 Å². The molecule has 126 valence electrons. The maximum atomic E-state index is 13.1. The monoisotopic (exact) mass is 332 g/mol. The molecule has 1 aliphatic rings. The van der Waals surface area contributed by atoms with Crippen LogP contribution < -0.4 is 10.1 Å². The molecule has 0 bridgehead atoms. The number of hydrogen-bond donors (Lipinski definition) is 1. The van der Waals surface area contributed by atoms with Gasteiger partial charge in [-0.15, -0.1) is 0 Å². The van der Waals surface area contributed by atoms with Gasteiger partial charge >= 0.3 is 0 Å². The van der Waals surface area contributed by atoms with E-state index < -0.39 is 0 Å². The van der Waals surface area contributed by atoms with Gasteiger partial charge in [0.15, 0.2) is 0 Å². The van der Waals surface area contributed by atoms with Gasteiger partial charge in [-0.1, -0.05) is 18.2 Å². The number of amides is 1. The molecule has 1 heterocycles. The highest BCUT2D eigenvalue weighted by molar-refractivity contribution is 6.13. The molecule has 0 atom stereocenters. The predicted molar refractivity (Wildman–Crippen MR) is 99.3 cm³/mol. The van der Waals surface area contributed by atoms with Gasteiger partial charge < -0.3 is 10.1 Å². The number of rotatable bonds is 3. The van der Waals surface area contributed by atoms with Crippen LogP contribution in [0.3, 0.4) is 0 Å². The van der Waals surface area contributed by atoms with Crippen LogP contribution in [-0.4, -0.2) is 18.0 Å². The van der Waals surface area contributed by atoms with Crippen molar-refractivity contribution in [3.63, 3.8) is 0 Å². The molecule has 3 aromatic rings. The lowest BCUT2D eigenvalue weighted by atomic mass is 9.89. The number of ether oxygens (including phenoxy) is 1. The second-order valence-corrected chi connectivity index (χ2v) is 6.32. The summed E-state index contributed by atoms with van der Waals surface area (Å²) in [6.07, 6.45) is 4.11. The average molecular weight is 332 g/mol. The van der Waals surface area contributed by atoms with E-state index in [1.807, 2.05) is 48.5 Å². The number of pyridine rings is 1. The summed E-state index contributed by atoms with van der Waals surface area (Å²) in [4.78, 5) is 17.9. The van der Waals surface area contributed by atoms with E-state index >= 15 is 0 Å². The van der Waals surface area contributed by atoms with Crippen molar-refractivity contribution in [1.82, 2.24) is 4.98 Å². The van der Waals surface area contributed by atoms with Crippen LogP contribution in [0.4, 0.5) is 5.69 Å². The number of hydrogen-bond acceptors (Lipinski definition) is 3. The van der Waals surface area contributed by atoms with Gasteiger partial charge in [0.1, 0.15) is 5.75 Å². The Kier molecular flexibility index (Phi) is 4.10. The summed E-state index contributed by atoms with van der Waals surface area (Å²) in [6.45, 7) is 0. The molecule has 2 aromatic carbocycles. The summed E-state index contributed by atoms with van der Waals surface area (Å²) in [7, 11) is 1.63. The standard InChI is InChI=1S/C21H20N2O2/c1-25-15-12-10-14(11-13-15)22-21(24)20-16-6-2-4-8-18(16)23-19-9-5-3-7-17(19)20/h2,4,6,8,10-13H,3,5,7,9H2,1H3,(H,22,24). The van der Waals surface area contributed by atoms with Gasteiger partial charge in [-0.05, 0) is 61.6 Å². The first kappa shape index (κ1) is 15.6. The molecule has 0 aliphatic heterocycles. The van der Waals surface area contributed by atoms with E-state index in [2.05, 4.69) is 5.32 Å². The van der Waals surface area contributed by atoms with Gasteiger partial charge in [0, 0.05) is 16.8 Å². The Morgan fingerprint density at radius 2 is 1.80 bits per heavy atom. The van der Waals surface area contributed by atoms with Crippen LogP contribution in [0.2, 0.25) is 0 Å². The Morgan fingerprint density at radius 3 is 2.60 bits per heavy atom. The van der Waals surface area contributed by atoms with E-state index in [0.29, 0.717) is 0 Å². The predicted octanol–water partition coefficient (Wildman–Crippen LogP) is 4.37. The van der Waals surface area contributed by atoms with E-state index in [1.54, 1.807) is 7.11 Å². The molecule has 4 heteroatoms. The molecular weight excluding hydrogens is 312 g/mol. The van der Waals surface area contributed by atoms with Crippen molar-refractivity contribution in [2.75, 3.05) is 12.4 Å². The molecular formula is C21H20N2O2. The summed E-state index contributed by atoms with van der Waals surface area (Å²) < 4.78 is 5.17. The van der Waals surface area contributed by atoms with Gasteiger partial charge in [0.2, 0.25) is 0 Å². The Bertz CT molecular complexity index is 933. The molecule has 4 rings (SSSR count). The third-order valence-electron chi connectivity index (χ3n) is 4.74. The van der Waals surface area contributed by atoms with Crippen LogP contribution >= 0.6 is 0 Å². The van der Waals surface area contributed by atoms with Gasteiger partial charge in [-0.3, -0.25) is 9.78 Å². The molecule has 25 heavy (non-hydrogen) atoms. The zero-order valence-corrected chi connectivity index (χ0v) is 14.2. The highest BCUT2D eigenvalue weighted by atomic mass is 16.5. The fourth-order valence-electron chi connectivity index (χ4n) is 3.50. The summed E-state index contributed by atoms with van der Waals surface area (Å²) in [5.74, 6) is 0.701. The molecule has 1 amide bonds. The van der Waals surface area contributed by atoms with Crippen molar-refractivity contribution in [1.29, 1.82) is 0 Å². The van der Waals surface area contributed by atoms with E-state index in [9.17, 15) is 4.79 Å². The van der Waals surface area contributed by atoms with E-state index in [0.717, 1.165) is 64.8 Å². The van der Waals surface area contributed by atoms with Crippen molar-refractivity contribution < 1.29 is 9.53 Å². The average Bonchev–Trinajstić information content (AvgIpc) is 2.66. The largest absolute Gasteiger partial charge is 0.497 e.